The van der Waals surface area contributed by atoms with Gasteiger partial charge in [-0.2, -0.15) is 0 Å². The van der Waals surface area contributed by atoms with E-state index in [0.717, 1.165) is 12.8 Å². The summed E-state index contributed by atoms with van der Waals surface area (Å²) in [6.45, 7) is 5.29. The zero-order valence-electron chi connectivity index (χ0n) is 13.4. The number of rotatable bonds is 6. The lowest BCUT2D eigenvalue weighted by Gasteiger charge is -2.21. The largest absolute Gasteiger partial charge is 0.361 e. The van der Waals surface area contributed by atoms with Crippen LogP contribution in [0.15, 0.2) is 6.33 Å². The van der Waals surface area contributed by atoms with E-state index in [1.807, 2.05) is 18.7 Å². The minimum Gasteiger partial charge on any atom is -0.361 e. The number of hydrogen-bond donors (Lipinski definition) is 1. The lowest BCUT2D eigenvalue weighted by molar-refractivity contribution is -0.383. The Morgan fingerprint density at radius 2 is 1.86 bits per heavy atom. The fourth-order valence-corrected chi connectivity index (χ4v) is 3.01. The molecule has 0 radical (unpaired) electrons. The second-order valence-electron chi connectivity index (χ2n) is 5.66. The molecule has 0 atom stereocenters. The first-order valence-corrected chi connectivity index (χ1v) is 8.18. The molecule has 1 aliphatic carbocycles. The summed E-state index contributed by atoms with van der Waals surface area (Å²) in [7, 11) is 0. The molecule has 2 rings (SSSR count). The maximum Gasteiger partial charge on any atom is 0.353 e. The van der Waals surface area contributed by atoms with Crippen LogP contribution in [0, 0.1) is 10.1 Å². The van der Waals surface area contributed by atoms with Gasteiger partial charge in [0.1, 0.15) is 6.33 Å². The molecule has 1 aromatic rings. The Kier molecular flexibility index (Phi) is 5.91. The van der Waals surface area contributed by atoms with Gasteiger partial charge in [0.15, 0.2) is 0 Å². The maximum absolute atomic E-state index is 11.5. The van der Waals surface area contributed by atoms with Crippen molar-refractivity contribution in [1.82, 2.24) is 9.97 Å². The molecule has 0 unspecified atom stereocenters. The summed E-state index contributed by atoms with van der Waals surface area (Å²) in [6, 6.07) is 0.264. The maximum atomic E-state index is 11.5. The number of nitrogens with zero attached hydrogens (tertiary/aromatic N) is 4. The van der Waals surface area contributed by atoms with Gasteiger partial charge >= 0.3 is 5.69 Å². The van der Waals surface area contributed by atoms with Crippen LogP contribution in [0.3, 0.4) is 0 Å². The van der Waals surface area contributed by atoms with Gasteiger partial charge in [-0.3, -0.25) is 10.1 Å². The van der Waals surface area contributed by atoms with Crippen LogP contribution in [-0.4, -0.2) is 34.0 Å². The third-order valence-electron chi connectivity index (χ3n) is 4.24. The van der Waals surface area contributed by atoms with Crippen molar-refractivity contribution < 1.29 is 4.92 Å². The van der Waals surface area contributed by atoms with Crippen LogP contribution in [0.1, 0.15) is 52.4 Å². The van der Waals surface area contributed by atoms with Crippen LogP contribution in [0.2, 0.25) is 0 Å². The van der Waals surface area contributed by atoms with Crippen molar-refractivity contribution >= 4 is 17.3 Å². The Morgan fingerprint density at radius 1 is 1.23 bits per heavy atom. The Labute approximate surface area is 131 Å². The Balaban J connectivity index is 2.29. The summed E-state index contributed by atoms with van der Waals surface area (Å²) in [4.78, 5) is 21.4. The first-order valence-electron chi connectivity index (χ1n) is 8.18. The monoisotopic (exact) mass is 307 g/mol. The minimum absolute atomic E-state index is 0.00422. The zero-order chi connectivity index (χ0) is 15.9. The Bertz CT molecular complexity index is 497. The normalized spacial score (nSPS) is 16.1. The summed E-state index contributed by atoms with van der Waals surface area (Å²) in [5.41, 5.74) is -0.00422. The summed E-state index contributed by atoms with van der Waals surface area (Å²) in [5, 5.41) is 14.8. The molecule has 0 amide bonds. The van der Waals surface area contributed by atoms with Crippen LogP contribution in [0.4, 0.5) is 17.3 Å². The van der Waals surface area contributed by atoms with Crippen molar-refractivity contribution in [2.45, 2.75) is 58.4 Å². The van der Waals surface area contributed by atoms with E-state index < -0.39 is 0 Å². The molecule has 122 valence electrons. The standard InChI is InChI=1S/C15H25N5O2/c1-3-19(4-2)15-13(20(21)22)14(16-11-17-15)18-12-9-7-5-6-8-10-12/h11-12H,3-10H2,1-2H3,(H,16,17,18). The predicted octanol–water partition coefficient (Wildman–Crippen LogP) is 3.37. The fraction of sp³-hybridized carbons (Fsp3) is 0.733. The van der Waals surface area contributed by atoms with E-state index in [0.29, 0.717) is 24.7 Å². The SMILES string of the molecule is CCN(CC)c1ncnc(NC2CCCCCC2)c1[N+](=O)[O-]. The highest BCUT2D eigenvalue weighted by molar-refractivity contribution is 5.70. The Morgan fingerprint density at radius 3 is 2.41 bits per heavy atom. The molecule has 1 N–H and O–H groups in total. The second-order valence-corrected chi connectivity index (χ2v) is 5.66. The molecule has 0 saturated heterocycles. The van der Waals surface area contributed by atoms with Crippen LogP contribution in [-0.2, 0) is 0 Å². The van der Waals surface area contributed by atoms with Crippen molar-refractivity contribution in [1.29, 1.82) is 0 Å². The van der Waals surface area contributed by atoms with Crippen LogP contribution < -0.4 is 10.2 Å². The molecule has 1 saturated carbocycles. The third-order valence-corrected chi connectivity index (χ3v) is 4.24. The number of nitrogens with one attached hydrogen (secondary N) is 1. The molecular formula is C15H25N5O2. The number of anilines is 2. The molecule has 0 bridgehead atoms. The van der Waals surface area contributed by atoms with Gasteiger partial charge in [-0.15, -0.1) is 0 Å². The van der Waals surface area contributed by atoms with Gasteiger partial charge in [0.25, 0.3) is 0 Å². The summed E-state index contributed by atoms with van der Waals surface area (Å²) in [5.74, 6) is 0.759. The summed E-state index contributed by atoms with van der Waals surface area (Å²) < 4.78 is 0. The van der Waals surface area contributed by atoms with Crippen LogP contribution >= 0.6 is 0 Å². The molecule has 1 heterocycles. The van der Waals surface area contributed by atoms with Crippen molar-refractivity contribution in [2.24, 2.45) is 0 Å². The van der Waals surface area contributed by atoms with Gasteiger partial charge in [-0.05, 0) is 26.7 Å². The van der Waals surface area contributed by atoms with Gasteiger partial charge in [-0.25, -0.2) is 9.97 Å². The first-order chi connectivity index (χ1) is 10.7. The minimum atomic E-state index is -0.368. The van der Waals surface area contributed by atoms with Gasteiger partial charge in [0, 0.05) is 19.1 Å². The highest BCUT2D eigenvalue weighted by Crippen LogP contribution is 2.33. The van der Waals surface area contributed by atoms with E-state index in [9.17, 15) is 10.1 Å². The lowest BCUT2D eigenvalue weighted by Crippen LogP contribution is -2.26. The van der Waals surface area contributed by atoms with Crippen molar-refractivity contribution in [3.05, 3.63) is 16.4 Å². The number of aromatic nitrogens is 2. The van der Waals surface area contributed by atoms with Gasteiger partial charge < -0.3 is 10.2 Å². The highest BCUT2D eigenvalue weighted by atomic mass is 16.6. The molecule has 7 nitrogen and oxygen atoms in total. The lowest BCUT2D eigenvalue weighted by atomic mass is 10.1. The average molecular weight is 307 g/mol. The molecule has 1 aromatic heterocycles. The van der Waals surface area contributed by atoms with Crippen LogP contribution in [0.5, 0.6) is 0 Å². The van der Waals surface area contributed by atoms with Crippen molar-refractivity contribution in [3.8, 4) is 0 Å². The average Bonchev–Trinajstić information content (AvgIpc) is 2.77. The van der Waals surface area contributed by atoms with Gasteiger partial charge in [0.05, 0.1) is 4.92 Å². The van der Waals surface area contributed by atoms with Crippen molar-refractivity contribution in [2.75, 3.05) is 23.3 Å². The topological polar surface area (TPSA) is 84.2 Å². The third kappa shape index (κ3) is 3.84. The number of nitro groups is 1. The second kappa shape index (κ2) is 7.91. The molecule has 0 spiro atoms. The summed E-state index contributed by atoms with van der Waals surface area (Å²) in [6.07, 6.45) is 8.32. The predicted molar refractivity (Wildman–Crippen MR) is 87.4 cm³/mol. The fourth-order valence-electron chi connectivity index (χ4n) is 3.01. The van der Waals surface area contributed by atoms with E-state index in [4.69, 9.17) is 0 Å². The van der Waals surface area contributed by atoms with E-state index in [2.05, 4.69) is 15.3 Å². The molecule has 0 aromatic carbocycles. The Hall–Kier alpha value is -1.92. The first kappa shape index (κ1) is 16.5. The van der Waals surface area contributed by atoms with Gasteiger partial charge in [-0.1, -0.05) is 25.7 Å². The summed E-state index contributed by atoms with van der Waals surface area (Å²) >= 11 is 0. The van der Waals surface area contributed by atoms with E-state index >= 15 is 0 Å². The molecule has 22 heavy (non-hydrogen) atoms. The number of hydrogen-bond acceptors (Lipinski definition) is 6. The molecule has 1 aliphatic rings. The van der Waals surface area contributed by atoms with Gasteiger partial charge in [0.2, 0.25) is 11.6 Å². The van der Waals surface area contributed by atoms with E-state index in [1.54, 1.807) is 0 Å². The molecule has 1 fully saturated rings. The smallest absolute Gasteiger partial charge is 0.353 e. The van der Waals surface area contributed by atoms with E-state index in [1.165, 1.54) is 32.0 Å². The highest BCUT2D eigenvalue weighted by Gasteiger charge is 2.27. The molecule has 7 heteroatoms. The zero-order valence-corrected chi connectivity index (χ0v) is 13.4. The quantitative estimate of drug-likeness (QED) is 0.493. The molecular weight excluding hydrogens is 282 g/mol. The van der Waals surface area contributed by atoms with Crippen molar-refractivity contribution in [3.63, 3.8) is 0 Å². The molecule has 0 aliphatic heterocycles. The van der Waals surface area contributed by atoms with Crippen LogP contribution in [0.25, 0.3) is 0 Å². The van der Waals surface area contributed by atoms with E-state index in [-0.39, 0.29) is 16.7 Å².